The Hall–Kier alpha value is -2.18. The third kappa shape index (κ3) is 2.75. The fourth-order valence-electron chi connectivity index (χ4n) is 2.72. The SMILES string of the molecule is CC(C(c1cccnc1)c1cc2ccccc2[nH]1)S(N)(=O)=O. The van der Waals surface area contributed by atoms with Crippen molar-refractivity contribution in [2.45, 2.75) is 18.1 Å². The van der Waals surface area contributed by atoms with Crippen LogP contribution in [-0.4, -0.2) is 23.6 Å². The molecule has 0 saturated carbocycles. The third-order valence-electron chi connectivity index (χ3n) is 3.92. The summed E-state index contributed by atoms with van der Waals surface area (Å²) in [7, 11) is -3.68. The van der Waals surface area contributed by atoms with Crippen LogP contribution in [0, 0.1) is 0 Å². The summed E-state index contributed by atoms with van der Waals surface area (Å²) in [4.78, 5) is 7.40. The Kier molecular flexibility index (Phi) is 3.72. The lowest BCUT2D eigenvalue weighted by atomic mass is 9.94. The molecule has 2 atom stereocenters. The molecule has 1 aromatic carbocycles. The van der Waals surface area contributed by atoms with Crippen molar-refractivity contribution in [3.63, 3.8) is 0 Å². The Labute approximate surface area is 129 Å². The minimum absolute atomic E-state index is 0.393. The Balaban J connectivity index is 2.16. The number of primary sulfonamides is 1. The van der Waals surface area contributed by atoms with Gasteiger partial charge in [0.1, 0.15) is 0 Å². The van der Waals surface area contributed by atoms with Crippen LogP contribution in [0.5, 0.6) is 0 Å². The molecular weight excluding hydrogens is 298 g/mol. The zero-order valence-corrected chi connectivity index (χ0v) is 12.9. The van der Waals surface area contributed by atoms with E-state index in [1.54, 1.807) is 25.4 Å². The van der Waals surface area contributed by atoms with E-state index in [4.69, 9.17) is 5.14 Å². The number of H-pyrrole nitrogens is 1. The van der Waals surface area contributed by atoms with Gasteiger partial charge in [-0.05, 0) is 36.1 Å². The molecule has 22 heavy (non-hydrogen) atoms. The van der Waals surface area contributed by atoms with Crippen molar-refractivity contribution < 1.29 is 8.42 Å². The average molecular weight is 315 g/mol. The maximum Gasteiger partial charge on any atom is 0.212 e. The summed E-state index contributed by atoms with van der Waals surface area (Å²) in [5, 5.41) is 5.66. The lowest BCUT2D eigenvalue weighted by Gasteiger charge is -2.21. The van der Waals surface area contributed by atoms with Crippen molar-refractivity contribution in [1.29, 1.82) is 0 Å². The number of aromatic amines is 1. The van der Waals surface area contributed by atoms with Gasteiger partial charge in [0.25, 0.3) is 0 Å². The molecular formula is C16H17N3O2S. The van der Waals surface area contributed by atoms with Gasteiger partial charge in [-0.2, -0.15) is 0 Å². The summed E-state index contributed by atoms with van der Waals surface area (Å²) in [6, 6.07) is 13.4. The third-order valence-corrected chi connectivity index (χ3v) is 5.23. The predicted molar refractivity (Wildman–Crippen MR) is 86.9 cm³/mol. The number of para-hydroxylation sites is 1. The number of nitrogens with two attached hydrogens (primary N) is 1. The number of rotatable bonds is 4. The molecule has 0 fully saturated rings. The molecule has 0 radical (unpaired) electrons. The van der Waals surface area contributed by atoms with E-state index >= 15 is 0 Å². The standard InChI is InChI=1S/C16H17N3O2S/c1-11(22(17,20)21)16(13-6-4-8-18-10-13)15-9-12-5-2-3-7-14(12)19-15/h2-11,16,19H,1H3,(H2,17,20,21). The highest BCUT2D eigenvalue weighted by Crippen LogP contribution is 2.32. The van der Waals surface area contributed by atoms with Gasteiger partial charge in [-0.25, -0.2) is 13.6 Å². The molecule has 0 aliphatic carbocycles. The van der Waals surface area contributed by atoms with E-state index in [9.17, 15) is 8.42 Å². The van der Waals surface area contributed by atoms with Gasteiger partial charge in [-0.15, -0.1) is 0 Å². The van der Waals surface area contributed by atoms with E-state index < -0.39 is 21.2 Å². The number of pyridine rings is 1. The van der Waals surface area contributed by atoms with Crippen LogP contribution in [0.15, 0.2) is 54.9 Å². The summed E-state index contributed by atoms with van der Waals surface area (Å²) in [6.07, 6.45) is 3.34. The lowest BCUT2D eigenvalue weighted by Crippen LogP contribution is -2.32. The monoisotopic (exact) mass is 315 g/mol. The van der Waals surface area contributed by atoms with Crippen LogP contribution in [0.4, 0.5) is 0 Å². The first-order chi connectivity index (χ1) is 10.5. The van der Waals surface area contributed by atoms with Gasteiger partial charge in [0.2, 0.25) is 10.0 Å². The highest BCUT2D eigenvalue weighted by Gasteiger charge is 2.30. The fourth-order valence-corrected chi connectivity index (χ4v) is 3.40. The molecule has 0 amide bonds. The number of hydrogen-bond acceptors (Lipinski definition) is 3. The second-order valence-corrected chi connectivity index (χ2v) is 7.29. The molecule has 0 bridgehead atoms. The summed E-state index contributed by atoms with van der Waals surface area (Å²) in [5.41, 5.74) is 2.60. The van der Waals surface area contributed by atoms with E-state index in [0.29, 0.717) is 0 Å². The molecule has 0 spiro atoms. The van der Waals surface area contributed by atoms with Gasteiger partial charge in [0, 0.05) is 29.5 Å². The second-order valence-electron chi connectivity index (χ2n) is 5.37. The van der Waals surface area contributed by atoms with Crippen LogP contribution >= 0.6 is 0 Å². The molecule has 2 heterocycles. The van der Waals surface area contributed by atoms with Crippen molar-refractivity contribution in [2.75, 3.05) is 0 Å². The summed E-state index contributed by atoms with van der Waals surface area (Å²) < 4.78 is 23.8. The van der Waals surface area contributed by atoms with E-state index in [1.165, 1.54) is 0 Å². The lowest BCUT2D eigenvalue weighted by molar-refractivity contribution is 0.574. The molecule has 3 aromatic rings. The quantitative estimate of drug-likeness (QED) is 0.774. The van der Waals surface area contributed by atoms with Crippen LogP contribution in [0.25, 0.3) is 10.9 Å². The summed E-state index contributed by atoms with van der Waals surface area (Å²) in [6.45, 7) is 1.62. The molecule has 0 aliphatic heterocycles. The van der Waals surface area contributed by atoms with Crippen LogP contribution in [0.3, 0.4) is 0 Å². The minimum Gasteiger partial charge on any atom is -0.358 e. The van der Waals surface area contributed by atoms with Crippen molar-refractivity contribution in [3.05, 3.63) is 66.1 Å². The van der Waals surface area contributed by atoms with Gasteiger partial charge < -0.3 is 4.98 Å². The first-order valence-electron chi connectivity index (χ1n) is 6.96. The first-order valence-corrected chi connectivity index (χ1v) is 8.57. The second kappa shape index (κ2) is 5.55. The molecule has 3 N–H and O–H groups in total. The van der Waals surface area contributed by atoms with Crippen LogP contribution < -0.4 is 5.14 Å². The maximum atomic E-state index is 11.9. The van der Waals surface area contributed by atoms with E-state index in [1.807, 2.05) is 36.4 Å². The number of sulfonamides is 1. The number of nitrogens with zero attached hydrogens (tertiary/aromatic N) is 1. The highest BCUT2D eigenvalue weighted by molar-refractivity contribution is 7.89. The first kappa shape index (κ1) is 14.7. The van der Waals surface area contributed by atoms with Crippen molar-refractivity contribution >= 4 is 20.9 Å². The molecule has 5 nitrogen and oxygen atoms in total. The van der Waals surface area contributed by atoms with Gasteiger partial charge in [0.05, 0.1) is 5.25 Å². The predicted octanol–water partition coefficient (Wildman–Crippen LogP) is 2.37. The molecule has 2 unspecified atom stereocenters. The van der Waals surface area contributed by atoms with Crippen molar-refractivity contribution in [2.24, 2.45) is 5.14 Å². The average Bonchev–Trinajstić information content (AvgIpc) is 2.91. The summed E-state index contributed by atoms with van der Waals surface area (Å²) in [5.74, 6) is -0.393. The van der Waals surface area contributed by atoms with Crippen LogP contribution in [0.1, 0.15) is 24.1 Å². The fraction of sp³-hybridized carbons (Fsp3) is 0.188. The molecule has 3 rings (SSSR count). The maximum absolute atomic E-state index is 11.9. The topological polar surface area (TPSA) is 88.8 Å². The van der Waals surface area contributed by atoms with Gasteiger partial charge in [-0.1, -0.05) is 24.3 Å². The van der Waals surface area contributed by atoms with Crippen molar-refractivity contribution in [1.82, 2.24) is 9.97 Å². The molecule has 114 valence electrons. The summed E-state index contributed by atoms with van der Waals surface area (Å²) >= 11 is 0. The van der Waals surface area contributed by atoms with Crippen LogP contribution in [0.2, 0.25) is 0 Å². The number of aromatic nitrogens is 2. The molecule has 0 aliphatic rings. The molecule has 6 heteroatoms. The minimum atomic E-state index is -3.68. The van der Waals surface area contributed by atoms with E-state index in [0.717, 1.165) is 22.2 Å². The Morgan fingerprint density at radius 3 is 2.59 bits per heavy atom. The number of benzene rings is 1. The largest absolute Gasteiger partial charge is 0.358 e. The molecule has 2 aromatic heterocycles. The molecule has 0 saturated heterocycles. The zero-order valence-electron chi connectivity index (χ0n) is 12.1. The van der Waals surface area contributed by atoms with Crippen LogP contribution in [-0.2, 0) is 10.0 Å². The Morgan fingerprint density at radius 2 is 1.95 bits per heavy atom. The highest BCUT2D eigenvalue weighted by atomic mass is 32.2. The number of nitrogens with one attached hydrogen (secondary N) is 1. The number of hydrogen-bond donors (Lipinski definition) is 2. The van der Waals surface area contributed by atoms with E-state index in [-0.39, 0.29) is 0 Å². The van der Waals surface area contributed by atoms with E-state index in [2.05, 4.69) is 9.97 Å². The smallest absolute Gasteiger partial charge is 0.212 e. The normalized spacial score (nSPS) is 14.8. The zero-order chi connectivity index (χ0) is 15.7. The number of fused-ring (bicyclic) bond motifs is 1. The Morgan fingerprint density at radius 1 is 1.18 bits per heavy atom. The van der Waals surface area contributed by atoms with Crippen molar-refractivity contribution in [3.8, 4) is 0 Å². The van der Waals surface area contributed by atoms with Gasteiger partial charge >= 0.3 is 0 Å². The van der Waals surface area contributed by atoms with Gasteiger partial charge in [0.15, 0.2) is 0 Å². The van der Waals surface area contributed by atoms with Gasteiger partial charge in [-0.3, -0.25) is 4.98 Å². The Bertz CT molecular complexity index is 855.